The van der Waals surface area contributed by atoms with Crippen LogP contribution in [-0.2, 0) is 17.3 Å². The van der Waals surface area contributed by atoms with E-state index in [0.29, 0.717) is 17.3 Å². The normalized spacial score (nSPS) is 17.9. The van der Waals surface area contributed by atoms with E-state index >= 15 is 0 Å². The highest BCUT2D eigenvalue weighted by atomic mass is 32.3. The van der Waals surface area contributed by atoms with Gasteiger partial charge in [-0.05, 0) is 91.8 Å². The van der Waals surface area contributed by atoms with Crippen molar-refractivity contribution in [2.24, 2.45) is 0 Å². The summed E-state index contributed by atoms with van der Waals surface area (Å²) in [6.45, 7) is 13.8. The lowest BCUT2D eigenvalue weighted by Gasteiger charge is -2.24. The molecule has 0 saturated heterocycles. The minimum atomic E-state index is 0.715. The zero-order chi connectivity index (χ0) is 59.8. The molecule has 6 aliphatic rings. The molecule has 0 unspecified atom stereocenters. The quantitative estimate of drug-likeness (QED) is 0.0585. The van der Waals surface area contributed by atoms with E-state index in [2.05, 4.69) is 131 Å². The SMILES string of the molecule is CCCCSC1=C(SCCCC)SC(=C2SC(SC)=C(SCc3c(OC)c(CSC4=C(SC)SC(=C5SC(SCCCC)=C(SCCCC)S5)S4)c(OC)c(CSC4=C(SC)SC(=C5SC(SCCCC)=C(SCCCC)S5)S4)c3OC)S2)S1. The molecule has 468 valence electrons. The number of hydrogen-bond acceptors (Lipinski definition) is 27. The van der Waals surface area contributed by atoms with Crippen LogP contribution >= 0.6 is 282 Å². The zero-order valence-electron chi connectivity index (χ0n) is 49.9. The van der Waals surface area contributed by atoms with Crippen LogP contribution in [0.5, 0.6) is 17.2 Å². The highest BCUT2D eigenvalue weighted by Gasteiger charge is 2.36. The molecule has 84 heavy (non-hydrogen) atoms. The van der Waals surface area contributed by atoms with Gasteiger partial charge in [-0.3, -0.25) is 0 Å². The largest absolute Gasteiger partial charge is 0.496 e. The summed E-state index contributed by atoms with van der Waals surface area (Å²) in [7, 11) is 5.55. The van der Waals surface area contributed by atoms with Crippen molar-refractivity contribution in [1.82, 2.24) is 0 Å². The molecule has 6 heterocycles. The minimum absolute atomic E-state index is 0.715. The average molecular weight is 1580 g/mol. The molecule has 0 aromatic heterocycles. The Kier molecular flexibility index (Phi) is 38.4. The van der Waals surface area contributed by atoms with Crippen LogP contribution in [0.2, 0.25) is 0 Å². The Morgan fingerprint density at radius 1 is 0.250 bits per heavy atom. The van der Waals surface area contributed by atoms with Gasteiger partial charge in [-0.15, -0.1) is 141 Å². The maximum Gasteiger partial charge on any atom is 0.134 e. The van der Waals surface area contributed by atoms with E-state index in [1.165, 1.54) is 188 Å². The van der Waals surface area contributed by atoms with Gasteiger partial charge in [-0.2, -0.15) is 0 Å². The summed E-state index contributed by atoms with van der Waals surface area (Å²) in [5.41, 5.74) is 3.32. The molecular weight excluding hydrogens is 1500 g/mol. The molecule has 0 radical (unpaired) electrons. The first kappa shape index (κ1) is 76.1. The van der Waals surface area contributed by atoms with Crippen LogP contribution in [0.3, 0.4) is 0 Å². The fraction of sp³-hybridized carbons (Fsp3) is 0.579. The molecule has 0 N–H and O–H groups in total. The van der Waals surface area contributed by atoms with Gasteiger partial charge in [0.25, 0.3) is 0 Å². The second-order valence-corrected chi connectivity index (χ2v) is 47.1. The van der Waals surface area contributed by atoms with Crippen LogP contribution in [0.25, 0.3) is 0 Å². The van der Waals surface area contributed by atoms with E-state index in [-0.39, 0.29) is 0 Å². The third-order valence-corrected chi connectivity index (χ3v) is 46.8. The number of rotatable bonds is 39. The number of thioether (sulfide) groups is 24. The van der Waals surface area contributed by atoms with Gasteiger partial charge >= 0.3 is 0 Å². The Morgan fingerprint density at radius 3 is 0.571 bits per heavy atom. The summed E-state index contributed by atoms with van der Waals surface area (Å²) in [5.74, 6) is 11.9. The van der Waals surface area contributed by atoms with Crippen molar-refractivity contribution in [2.75, 3.05) is 74.6 Å². The molecule has 0 amide bonds. The predicted octanol–water partition coefficient (Wildman–Crippen LogP) is 28.7. The topological polar surface area (TPSA) is 27.7 Å². The first-order valence-electron chi connectivity index (χ1n) is 28.1. The summed E-state index contributed by atoms with van der Waals surface area (Å²) in [6.07, 6.45) is 21.7. The van der Waals surface area contributed by atoms with Gasteiger partial charge in [0.2, 0.25) is 0 Å². The smallest absolute Gasteiger partial charge is 0.134 e. The lowest BCUT2D eigenvalue weighted by Crippen LogP contribution is -2.07. The molecule has 0 spiro atoms. The summed E-state index contributed by atoms with van der Waals surface area (Å²) < 4.78 is 45.9. The summed E-state index contributed by atoms with van der Waals surface area (Å²) in [5, 5.41) is 0. The van der Waals surface area contributed by atoms with Crippen molar-refractivity contribution in [1.29, 1.82) is 0 Å². The van der Waals surface area contributed by atoms with Gasteiger partial charge in [-0.1, -0.05) is 221 Å². The molecule has 0 aliphatic carbocycles. The van der Waals surface area contributed by atoms with Crippen molar-refractivity contribution in [2.45, 2.75) is 136 Å². The maximum absolute atomic E-state index is 6.68. The Morgan fingerprint density at radius 2 is 0.417 bits per heavy atom. The predicted molar refractivity (Wildman–Crippen MR) is 439 cm³/mol. The number of benzene rings is 1. The molecule has 6 aliphatic heterocycles. The van der Waals surface area contributed by atoms with Crippen LogP contribution in [0.1, 0.15) is 135 Å². The van der Waals surface area contributed by atoms with E-state index in [0.717, 1.165) is 33.9 Å². The monoisotopic (exact) mass is 1580 g/mol. The maximum atomic E-state index is 6.68. The summed E-state index contributed by atoms with van der Waals surface area (Å²) >= 11 is 47.8. The van der Waals surface area contributed by atoms with Gasteiger partial charge < -0.3 is 14.2 Å². The third-order valence-electron chi connectivity index (χ3n) is 12.0. The van der Waals surface area contributed by atoms with Gasteiger partial charge in [0.1, 0.15) is 17.2 Å². The van der Waals surface area contributed by atoms with Crippen molar-refractivity contribution in [3.8, 4) is 17.2 Å². The Bertz CT molecular complexity index is 2330. The highest BCUT2D eigenvalue weighted by molar-refractivity contribution is 8.47. The third kappa shape index (κ3) is 22.1. The molecule has 0 fully saturated rings. The molecule has 0 bridgehead atoms. The molecule has 0 atom stereocenters. The van der Waals surface area contributed by atoms with E-state index in [4.69, 9.17) is 14.2 Å². The van der Waals surface area contributed by atoms with E-state index in [1.54, 1.807) is 0 Å². The van der Waals surface area contributed by atoms with Crippen LogP contribution in [0.4, 0.5) is 0 Å². The standard InChI is InChI=1S/C57H78O3S24/c1-13-19-25-64-46-47(65-26-20-14-2)80-55(79-46)52-73-40(61-10)43(76-52)70-31-34-37(58-7)35(32-71-44-41(62-11)74-53(77-44)56-81-48(66-27-21-15-3)49(82-56)67-28-22-16-4)39(60-9)36(38(34)59-8)33-72-45-42(63-12)75-54(78-45)57-83-50(68-29-23-17-5)51(84-57)69-30-24-18-6/h13-33H2,1-12H3. The summed E-state index contributed by atoms with van der Waals surface area (Å²) in [4.78, 5) is 0. The molecule has 3 nitrogen and oxygen atoms in total. The van der Waals surface area contributed by atoms with Crippen LogP contribution < -0.4 is 14.2 Å². The number of unbranched alkanes of at least 4 members (excludes halogenated alkanes) is 6. The van der Waals surface area contributed by atoms with Gasteiger partial charge in [0.05, 0.1) is 97.6 Å². The Balaban J connectivity index is 1.19. The fourth-order valence-corrected chi connectivity index (χ4v) is 43.2. The van der Waals surface area contributed by atoms with Crippen molar-refractivity contribution >= 4 is 282 Å². The van der Waals surface area contributed by atoms with Crippen LogP contribution in [-0.4, -0.2) is 74.6 Å². The van der Waals surface area contributed by atoms with Gasteiger partial charge in [-0.25, -0.2) is 0 Å². The molecular formula is C57H78O3S24. The van der Waals surface area contributed by atoms with Crippen molar-refractivity contribution < 1.29 is 14.2 Å². The lowest BCUT2D eigenvalue weighted by atomic mass is 10.0. The first-order valence-corrected chi connectivity index (χ1v) is 50.4. The first-order chi connectivity index (χ1) is 41.1. The van der Waals surface area contributed by atoms with Crippen LogP contribution in [0, 0.1) is 0 Å². The lowest BCUT2D eigenvalue weighted by molar-refractivity contribution is 0.362. The minimum Gasteiger partial charge on any atom is -0.496 e. The Hall–Kier alpha value is 4.68. The second kappa shape index (κ2) is 42.4. The molecule has 0 saturated carbocycles. The number of methoxy groups -OCH3 is 3. The molecule has 27 heteroatoms. The highest BCUT2D eigenvalue weighted by Crippen LogP contribution is 2.70. The van der Waals surface area contributed by atoms with Crippen molar-refractivity contribution in [3.05, 3.63) is 93.0 Å². The summed E-state index contributed by atoms with van der Waals surface area (Å²) in [6, 6.07) is 0. The Labute approximate surface area is 608 Å². The van der Waals surface area contributed by atoms with E-state index < -0.39 is 0 Å². The van der Waals surface area contributed by atoms with Gasteiger partial charge in [0, 0.05) is 33.9 Å². The van der Waals surface area contributed by atoms with Crippen LogP contribution in [0.15, 0.2) is 76.3 Å². The van der Waals surface area contributed by atoms with E-state index in [9.17, 15) is 0 Å². The molecule has 1 aromatic carbocycles. The zero-order valence-corrected chi connectivity index (χ0v) is 69.5. The molecule has 1 aromatic rings. The van der Waals surface area contributed by atoms with Gasteiger partial charge in [0.15, 0.2) is 0 Å². The fourth-order valence-electron chi connectivity index (χ4n) is 7.56. The number of hydrogen-bond donors (Lipinski definition) is 0. The second-order valence-electron chi connectivity index (χ2n) is 18.1. The molecule has 7 rings (SSSR count). The number of ether oxygens (including phenoxy) is 3. The van der Waals surface area contributed by atoms with Crippen molar-refractivity contribution in [3.63, 3.8) is 0 Å². The van der Waals surface area contributed by atoms with E-state index in [1.807, 2.05) is 233 Å². The average Bonchev–Trinajstić information content (AvgIpc) is 2.70.